The lowest BCUT2D eigenvalue weighted by Crippen LogP contribution is -2.08. The average Bonchev–Trinajstić information content (AvgIpc) is 2.76. The van der Waals surface area contributed by atoms with Crippen LogP contribution in [0.1, 0.15) is 0 Å². The smallest absolute Gasteiger partial charge is 0.388 e. The highest BCUT2D eigenvalue weighted by Gasteiger charge is 2.08. The third-order valence-corrected chi connectivity index (χ3v) is 2.18. The lowest BCUT2D eigenvalue weighted by atomic mass is 10.2. The van der Waals surface area contributed by atoms with Gasteiger partial charge in [0.1, 0.15) is 6.54 Å². The molecule has 19 heavy (non-hydrogen) atoms. The normalized spacial score (nSPS) is 10.7. The predicted octanol–water partition coefficient (Wildman–Crippen LogP) is 1.63. The van der Waals surface area contributed by atoms with E-state index in [1.165, 1.54) is 29.2 Å². The molecule has 2 aromatic heterocycles. The van der Waals surface area contributed by atoms with Gasteiger partial charge in [-0.2, -0.15) is 13.9 Å². The first-order valence-electron chi connectivity index (χ1n) is 5.21. The van der Waals surface area contributed by atoms with Crippen LogP contribution in [0.15, 0.2) is 30.6 Å². The van der Waals surface area contributed by atoms with Crippen LogP contribution in [0.4, 0.5) is 8.78 Å². The van der Waals surface area contributed by atoms with Crippen molar-refractivity contribution in [1.29, 1.82) is 0 Å². The fourth-order valence-corrected chi connectivity index (χ4v) is 1.44. The molecule has 0 unspecified atom stereocenters. The van der Waals surface area contributed by atoms with Gasteiger partial charge in [0, 0.05) is 24.0 Å². The van der Waals surface area contributed by atoms with Crippen LogP contribution in [0.5, 0.6) is 5.88 Å². The third kappa shape index (κ3) is 3.47. The van der Waals surface area contributed by atoms with Crippen LogP contribution in [-0.2, 0) is 11.3 Å². The number of carboxylic acid groups (broad SMARTS) is 1. The van der Waals surface area contributed by atoms with E-state index in [2.05, 4.69) is 14.8 Å². The molecule has 0 amide bonds. The summed E-state index contributed by atoms with van der Waals surface area (Å²) in [6.45, 7) is -3.17. The van der Waals surface area contributed by atoms with Gasteiger partial charge in [-0.15, -0.1) is 0 Å². The lowest BCUT2D eigenvalue weighted by molar-refractivity contribution is -0.137. The van der Waals surface area contributed by atoms with Crippen molar-refractivity contribution in [3.05, 3.63) is 30.6 Å². The Kier molecular flexibility index (Phi) is 3.69. The van der Waals surface area contributed by atoms with Gasteiger partial charge in [-0.1, -0.05) is 0 Å². The number of hydrogen-bond acceptors (Lipinski definition) is 4. The van der Waals surface area contributed by atoms with Gasteiger partial charge in [-0.25, -0.2) is 4.98 Å². The molecule has 2 aromatic rings. The molecular weight excluding hydrogens is 260 g/mol. The molecule has 0 saturated heterocycles. The third-order valence-electron chi connectivity index (χ3n) is 2.18. The first kappa shape index (κ1) is 12.9. The summed E-state index contributed by atoms with van der Waals surface area (Å²) in [7, 11) is 0. The summed E-state index contributed by atoms with van der Waals surface area (Å²) in [5.41, 5.74) is 1.07. The maximum absolute atomic E-state index is 11.9. The van der Waals surface area contributed by atoms with Crippen LogP contribution < -0.4 is 4.74 Å². The summed E-state index contributed by atoms with van der Waals surface area (Å²) in [4.78, 5) is 14.2. The van der Waals surface area contributed by atoms with Crippen LogP contribution in [0, 0.1) is 0 Å². The van der Waals surface area contributed by atoms with Crippen molar-refractivity contribution in [2.45, 2.75) is 13.2 Å². The molecule has 0 fully saturated rings. The van der Waals surface area contributed by atoms with Gasteiger partial charge in [0.15, 0.2) is 0 Å². The van der Waals surface area contributed by atoms with Gasteiger partial charge in [0.05, 0.1) is 5.69 Å². The molecule has 2 rings (SSSR count). The van der Waals surface area contributed by atoms with Crippen LogP contribution in [0.2, 0.25) is 0 Å². The zero-order valence-corrected chi connectivity index (χ0v) is 9.53. The minimum atomic E-state index is -2.92. The van der Waals surface area contributed by atoms with Crippen molar-refractivity contribution in [3.8, 4) is 17.1 Å². The molecule has 2 heterocycles. The van der Waals surface area contributed by atoms with Crippen molar-refractivity contribution >= 4 is 5.97 Å². The summed E-state index contributed by atoms with van der Waals surface area (Å²) >= 11 is 0. The fourth-order valence-electron chi connectivity index (χ4n) is 1.44. The van der Waals surface area contributed by atoms with Crippen LogP contribution in [0.25, 0.3) is 11.3 Å². The second-order valence-corrected chi connectivity index (χ2v) is 3.56. The topological polar surface area (TPSA) is 77.2 Å². The van der Waals surface area contributed by atoms with Crippen molar-refractivity contribution in [2.24, 2.45) is 0 Å². The molecule has 8 heteroatoms. The number of carbonyl (C=O) groups is 1. The maximum Gasteiger partial charge on any atom is 0.388 e. The minimum Gasteiger partial charge on any atom is -0.480 e. The van der Waals surface area contributed by atoms with Gasteiger partial charge < -0.3 is 9.84 Å². The van der Waals surface area contributed by atoms with E-state index in [4.69, 9.17) is 5.11 Å². The molecule has 0 aromatic carbocycles. The van der Waals surface area contributed by atoms with E-state index in [0.29, 0.717) is 11.3 Å². The first-order chi connectivity index (χ1) is 9.04. The highest BCUT2D eigenvalue weighted by molar-refractivity contribution is 5.66. The molecule has 0 aliphatic heterocycles. The van der Waals surface area contributed by atoms with Crippen LogP contribution in [-0.4, -0.2) is 32.5 Å². The first-order valence-corrected chi connectivity index (χ1v) is 5.21. The molecule has 0 bridgehead atoms. The molecule has 0 atom stereocenters. The molecule has 100 valence electrons. The fraction of sp³-hybridized carbons (Fsp3) is 0.182. The largest absolute Gasteiger partial charge is 0.480 e. The van der Waals surface area contributed by atoms with E-state index in [1.54, 1.807) is 6.07 Å². The molecule has 0 saturated carbocycles. The molecule has 0 radical (unpaired) electrons. The van der Waals surface area contributed by atoms with Crippen molar-refractivity contribution in [1.82, 2.24) is 14.8 Å². The van der Waals surface area contributed by atoms with E-state index >= 15 is 0 Å². The number of aromatic nitrogens is 3. The summed E-state index contributed by atoms with van der Waals surface area (Å²) in [5, 5.41) is 12.6. The number of nitrogens with zero attached hydrogens (tertiary/aromatic N) is 3. The number of ether oxygens (including phenoxy) is 1. The molecule has 0 spiro atoms. The monoisotopic (exact) mass is 269 g/mol. The van der Waals surface area contributed by atoms with Crippen molar-refractivity contribution in [3.63, 3.8) is 0 Å². The van der Waals surface area contributed by atoms with Crippen molar-refractivity contribution in [2.75, 3.05) is 0 Å². The standard InChI is InChI=1S/C11H9F2N3O3/c12-11(13)19-9-2-1-7(5-14-9)8-3-4-16(15-8)6-10(17)18/h1-5,11H,6H2,(H,17,18). The number of carboxylic acids is 1. The highest BCUT2D eigenvalue weighted by Crippen LogP contribution is 2.19. The molecule has 6 nitrogen and oxygen atoms in total. The van der Waals surface area contributed by atoms with Crippen LogP contribution in [0.3, 0.4) is 0 Å². The molecule has 1 N–H and O–H groups in total. The number of halogens is 2. The summed E-state index contributed by atoms with van der Waals surface area (Å²) < 4.78 is 29.2. The number of aliphatic carboxylic acids is 1. The zero-order valence-electron chi connectivity index (χ0n) is 9.53. The maximum atomic E-state index is 11.9. The minimum absolute atomic E-state index is 0.191. The Morgan fingerprint density at radius 2 is 2.21 bits per heavy atom. The van der Waals surface area contributed by atoms with E-state index in [1.807, 2.05) is 0 Å². The Labute approximate surface area is 106 Å². The quantitative estimate of drug-likeness (QED) is 0.892. The number of alkyl halides is 2. The van der Waals surface area contributed by atoms with Gasteiger partial charge in [0.2, 0.25) is 5.88 Å². The highest BCUT2D eigenvalue weighted by atomic mass is 19.3. The van der Waals surface area contributed by atoms with Gasteiger partial charge in [0.25, 0.3) is 0 Å². The van der Waals surface area contributed by atoms with Crippen molar-refractivity contribution < 1.29 is 23.4 Å². The SMILES string of the molecule is O=C(O)Cn1ccc(-c2ccc(OC(F)F)nc2)n1. The summed E-state index contributed by atoms with van der Waals surface area (Å²) in [6, 6.07) is 4.41. The number of hydrogen-bond donors (Lipinski definition) is 1. The lowest BCUT2D eigenvalue weighted by Gasteiger charge is -2.03. The van der Waals surface area contributed by atoms with Gasteiger partial charge in [-0.3, -0.25) is 9.48 Å². The van der Waals surface area contributed by atoms with E-state index in [9.17, 15) is 13.6 Å². The second-order valence-electron chi connectivity index (χ2n) is 3.56. The van der Waals surface area contributed by atoms with E-state index in [-0.39, 0.29) is 12.4 Å². The number of rotatable bonds is 5. The van der Waals surface area contributed by atoms with E-state index < -0.39 is 12.6 Å². The van der Waals surface area contributed by atoms with E-state index in [0.717, 1.165) is 0 Å². The predicted molar refractivity (Wildman–Crippen MR) is 59.7 cm³/mol. The Balaban J connectivity index is 2.13. The number of pyridine rings is 1. The summed E-state index contributed by atoms with van der Waals surface area (Å²) in [5.74, 6) is -1.20. The Bertz CT molecular complexity index is 569. The molecule has 0 aliphatic carbocycles. The molecule has 0 aliphatic rings. The second kappa shape index (κ2) is 5.42. The van der Waals surface area contributed by atoms with Gasteiger partial charge in [-0.05, 0) is 12.1 Å². The Hall–Kier alpha value is -2.51. The Morgan fingerprint density at radius 3 is 2.79 bits per heavy atom. The summed E-state index contributed by atoms with van der Waals surface area (Å²) in [6.07, 6.45) is 2.83. The van der Waals surface area contributed by atoms with Gasteiger partial charge >= 0.3 is 12.6 Å². The van der Waals surface area contributed by atoms with Crippen LogP contribution >= 0.6 is 0 Å². The Morgan fingerprint density at radius 1 is 1.42 bits per heavy atom. The molecular formula is C11H9F2N3O3. The zero-order chi connectivity index (χ0) is 13.8. The average molecular weight is 269 g/mol.